The van der Waals surface area contributed by atoms with Crippen LogP contribution in [-0.2, 0) is 0 Å². The van der Waals surface area contributed by atoms with Crippen LogP contribution in [0.4, 0.5) is 0 Å². The lowest BCUT2D eigenvalue weighted by atomic mass is 10.1. The summed E-state index contributed by atoms with van der Waals surface area (Å²) < 4.78 is 5.92. The summed E-state index contributed by atoms with van der Waals surface area (Å²) in [5.74, 6) is 0. The number of fused-ring (bicyclic) bond motifs is 1. The van der Waals surface area contributed by atoms with Gasteiger partial charge in [0, 0.05) is 17.1 Å². The van der Waals surface area contributed by atoms with Gasteiger partial charge in [0.15, 0.2) is 5.58 Å². The Labute approximate surface area is 96.7 Å². The quantitative estimate of drug-likeness (QED) is 0.647. The maximum Gasteiger partial charge on any atom is 0.167 e. The normalized spacial score (nSPS) is 10.8. The minimum absolute atomic E-state index is 0.668. The molecule has 0 saturated carbocycles. The Morgan fingerprint density at radius 2 is 2.00 bits per heavy atom. The summed E-state index contributed by atoms with van der Waals surface area (Å²) in [5.41, 5.74) is 2.45. The number of rotatable bonds is 1. The largest absolute Gasteiger partial charge is 0.356 e. The van der Waals surface area contributed by atoms with Crippen LogP contribution >= 0.6 is 12.2 Å². The van der Waals surface area contributed by atoms with E-state index in [1.54, 1.807) is 6.20 Å². The molecule has 0 spiro atoms. The average Bonchev–Trinajstić information content (AvgIpc) is 2.74. The second kappa shape index (κ2) is 3.57. The molecule has 16 heavy (non-hydrogen) atoms. The predicted octanol–water partition coefficient (Wildman–Crippen LogP) is 3.55. The van der Waals surface area contributed by atoms with E-state index in [1.807, 2.05) is 36.4 Å². The number of pyridine rings is 1. The summed E-state index contributed by atoms with van der Waals surface area (Å²) in [4.78, 5) is 2.99. The van der Waals surface area contributed by atoms with Crippen molar-refractivity contribution >= 4 is 23.2 Å². The van der Waals surface area contributed by atoms with Crippen molar-refractivity contribution in [2.45, 2.75) is 0 Å². The molecule has 0 radical (unpaired) electrons. The molecular formula is C12H8N2OS. The number of hydrogen-bond donors (Lipinski definition) is 1. The van der Waals surface area contributed by atoms with Gasteiger partial charge in [-0.2, -0.15) is 0 Å². The Kier molecular flexibility index (Phi) is 2.08. The molecule has 0 unspecified atom stereocenters. The van der Waals surface area contributed by atoms with Gasteiger partial charge in [0.2, 0.25) is 0 Å². The van der Waals surface area contributed by atoms with Crippen molar-refractivity contribution in [3.63, 3.8) is 0 Å². The molecule has 0 aliphatic carbocycles. The minimum atomic E-state index is 0.668. The Bertz CT molecular complexity index is 699. The second-order valence-electron chi connectivity index (χ2n) is 3.44. The SMILES string of the molecule is S=c1[nH]cccc1-c1noc2ccccc12. The lowest BCUT2D eigenvalue weighted by Gasteiger charge is -1.95. The van der Waals surface area contributed by atoms with E-state index in [4.69, 9.17) is 16.7 Å². The van der Waals surface area contributed by atoms with E-state index in [2.05, 4.69) is 10.1 Å². The molecule has 1 N–H and O–H groups in total. The van der Waals surface area contributed by atoms with E-state index in [1.165, 1.54) is 0 Å². The number of para-hydroxylation sites is 1. The average molecular weight is 228 g/mol. The summed E-state index contributed by atoms with van der Waals surface area (Å²) >= 11 is 5.23. The fraction of sp³-hybridized carbons (Fsp3) is 0. The topological polar surface area (TPSA) is 41.8 Å². The van der Waals surface area contributed by atoms with Gasteiger partial charge in [0.25, 0.3) is 0 Å². The van der Waals surface area contributed by atoms with Crippen molar-refractivity contribution in [2.75, 3.05) is 0 Å². The molecule has 0 saturated heterocycles. The van der Waals surface area contributed by atoms with Crippen LogP contribution in [0.1, 0.15) is 0 Å². The Morgan fingerprint density at radius 1 is 1.12 bits per heavy atom. The fourth-order valence-corrected chi connectivity index (χ4v) is 1.92. The number of hydrogen-bond acceptors (Lipinski definition) is 3. The van der Waals surface area contributed by atoms with Gasteiger partial charge in [0.05, 0.1) is 0 Å². The van der Waals surface area contributed by atoms with Crippen LogP contribution in [0.3, 0.4) is 0 Å². The molecule has 4 heteroatoms. The van der Waals surface area contributed by atoms with Crippen LogP contribution in [-0.4, -0.2) is 10.1 Å². The van der Waals surface area contributed by atoms with Crippen LogP contribution in [0.2, 0.25) is 0 Å². The number of nitrogens with zero attached hydrogens (tertiary/aromatic N) is 1. The molecule has 3 nitrogen and oxygen atoms in total. The molecule has 0 aliphatic heterocycles. The highest BCUT2D eigenvalue weighted by Crippen LogP contribution is 2.27. The molecule has 0 amide bonds. The highest BCUT2D eigenvalue weighted by molar-refractivity contribution is 7.71. The molecule has 0 atom stereocenters. The third kappa shape index (κ3) is 1.35. The molecule has 2 aromatic heterocycles. The summed E-state index contributed by atoms with van der Waals surface area (Å²) in [7, 11) is 0. The first-order valence-corrected chi connectivity index (χ1v) is 5.29. The van der Waals surface area contributed by atoms with Gasteiger partial charge in [-0.15, -0.1) is 0 Å². The van der Waals surface area contributed by atoms with Gasteiger partial charge < -0.3 is 9.51 Å². The van der Waals surface area contributed by atoms with Crippen LogP contribution in [0.5, 0.6) is 0 Å². The van der Waals surface area contributed by atoms with E-state index < -0.39 is 0 Å². The minimum Gasteiger partial charge on any atom is -0.356 e. The van der Waals surface area contributed by atoms with Gasteiger partial charge in [-0.1, -0.05) is 29.5 Å². The first kappa shape index (κ1) is 9.30. The van der Waals surface area contributed by atoms with Crippen molar-refractivity contribution in [2.24, 2.45) is 0 Å². The third-order valence-corrected chi connectivity index (χ3v) is 2.79. The number of aromatic nitrogens is 2. The zero-order valence-electron chi connectivity index (χ0n) is 8.31. The lowest BCUT2D eigenvalue weighted by Crippen LogP contribution is -1.82. The Morgan fingerprint density at radius 3 is 2.88 bits per heavy atom. The zero-order chi connectivity index (χ0) is 11.0. The highest BCUT2D eigenvalue weighted by atomic mass is 32.1. The van der Waals surface area contributed by atoms with Crippen LogP contribution < -0.4 is 0 Å². The van der Waals surface area contributed by atoms with Gasteiger partial charge in [0.1, 0.15) is 10.3 Å². The number of aromatic amines is 1. The van der Waals surface area contributed by atoms with Crippen LogP contribution in [0.25, 0.3) is 22.2 Å². The molecule has 3 aromatic rings. The van der Waals surface area contributed by atoms with E-state index in [0.717, 1.165) is 22.2 Å². The van der Waals surface area contributed by atoms with Gasteiger partial charge in [-0.25, -0.2) is 0 Å². The van der Waals surface area contributed by atoms with Gasteiger partial charge in [-0.05, 0) is 24.3 Å². The van der Waals surface area contributed by atoms with Crippen molar-refractivity contribution in [3.05, 3.63) is 47.2 Å². The molecule has 0 bridgehead atoms. The van der Waals surface area contributed by atoms with Crippen LogP contribution in [0.15, 0.2) is 47.1 Å². The summed E-state index contributed by atoms with van der Waals surface area (Å²) in [5, 5.41) is 5.04. The maximum atomic E-state index is 5.25. The highest BCUT2D eigenvalue weighted by Gasteiger charge is 2.10. The third-order valence-electron chi connectivity index (χ3n) is 2.45. The Balaban J connectivity index is 2.35. The number of H-pyrrole nitrogens is 1. The summed E-state index contributed by atoms with van der Waals surface area (Å²) in [6.45, 7) is 0. The van der Waals surface area contributed by atoms with E-state index in [0.29, 0.717) is 4.64 Å². The maximum absolute atomic E-state index is 5.25. The molecule has 0 fully saturated rings. The monoisotopic (exact) mass is 228 g/mol. The zero-order valence-corrected chi connectivity index (χ0v) is 9.12. The Hall–Kier alpha value is -1.94. The molecule has 78 valence electrons. The fourth-order valence-electron chi connectivity index (χ4n) is 1.69. The number of nitrogens with one attached hydrogen (secondary N) is 1. The van der Waals surface area contributed by atoms with Crippen molar-refractivity contribution < 1.29 is 4.52 Å². The molecule has 0 aliphatic rings. The molecule has 2 heterocycles. The van der Waals surface area contributed by atoms with Crippen molar-refractivity contribution in [1.82, 2.24) is 10.1 Å². The summed E-state index contributed by atoms with van der Waals surface area (Å²) in [6.07, 6.45) is 1.80. The van der Waals surface area contributed by atoms with E-state index in [-0.39, 0.29) is 0 Å². The number of benzene rings is 1. The van der Waals surface area contributed by atoms with Gasteiger partial charge >= 0.3 is 0 Å². The van der Waals surface area contributed by atoms with E-state index in [9.17, 15) is 0 Å². The molecule has 1 aromatic carbocycles. The summed E-state index contributed by atoms with van der Waals surface area (Å²) in [6, 6.07) is 11.6. The van der Waals surface area contributed by atoms with Crippen molar-refractivity contribution in [1.29, 1.82) is 0 Å². The molecular weight excluding hydrogens is 220 g/mol. The first-order valence-electron chi connectivity index (χ1n) is 4.89. The lowest BCUT2D eigenvalue weighted by molar-refractivity contribution is 0.459. The van der Waals surface area contributed by atoms with Crippen molar-refractivity contribution in [3.8, 4) is 11.3 Å². The molecule has 3 rings (SSSR count). The van der Waals surface area contributed by atoms with Crippen LogP contribution in [0, 0.1) is 4.64 Å². The second-order valence-corrected chi connectivity index (χ2v) is 3.85. The van der Waals surface area contributed by atoms with E-state index >= 15 is 0 Å². The standard InChI is InChI=1S/C12H8N2OS/c16-12-9(5-3-7-13-12)11-8-4-1-2-6-10(8)15-14-11/h1-7H,(H,13,16). The smallest absolute Gasteiger partial charge is 0.167 e. The predicted molar refractivity (Wildman–Crippen MR) is 64.6 cm³/mol. The van der Waals surface area contributed by atoms with Gasteiger partial charge in [-0.3, -0.25) is 0 Å². The first-order chi connectivity index (χ1) is 7.86.